The molecule has 0 radical (unpaired) electrons. The zero-order valence-corrected chi connectivity index (χ0v) is 19.6. The summed E-state index contributed by atoms with van der Waals surface area (Å²) in [6.45, 7) is 8.29. The van der Waals surface area contributed by atoms with Gasteiger partial charge in [0.25, 0.3) is 0 Å². The maximum Gasteiger partial charge on any atom is 0.306 e. The molecular formula is C28H34O4. The standard InChI is InChI=1S/C28H34O4/c1-5-9-24(29)31-22-15-19-16-23(32-25(30)10-6-2)21-14-8-12-18(4)27(21)28(19)26-17(3)11-7-13-20(22)26/h7-8,11-14,19,22-23,28H,5-6,9-10,15-16H2,1-4H3. The van der Waals surface area contributed by atoms with Crippen LogP contribution in [0, 0.1) is 19.8 Å². The fraction of sp³-hybridized carbons (Fsp3) is 0.500. The molecule has 0 aliphatic heterocycles. The number of ether oxygens (including phenoxy) is 2. The van der Waals surface area contributed by atoms with E-state index in [1.54, 1.807) is 0 Å². The number of benzene rings is 2. The summed E-state index contributed by atoms with van der Waals surface area (Å²) >= 11 is 0. The third-order valence-electron chi connectivity index (χ3n) is 6.99. The number of rotatable bonds is 6. The second-order valence-electron chi connectivity index (χ2n) is 9.32. The molecule has 4 rings (SSSR count). The Morgan fingerprint density at radius 1 is 0.781 bits per heavy atom. The van der Waals surface area contributed by atoms with E-state index in [2.05, 4.69) is 50.2 Å². The van der Waals surface area contributed by atoms with E-state index in [1.807, 2.05) is 13.8 Å². The molecule has 0 heterocycles. The molecule has 4 nitrogen and oxygen atoms in total. The van der Waals surface area contributed by atoms with Crippen LogP contribution in [0.1, 0.15) is 104 Å². The van der Waals surface area contributed by atoms with Gasteiger partial charge in [0, 0.05) is 18.8 Å². The largest absolute Gasteiger partial charge is 0.457 e. The molecule has 170 valence electrons. The van der Waals surface area contributed by atoms with Crippen LogP contribution in [0.2, 0.25) is 0 Å². The molecule has 0 saturated carbocycles. The molecule has 0 fully saturated rings. The fourth-order valence-corrected chi connectivity index (χ4v) is 5.67. The Labute approximate surface area is 191 Å². The van der Waals surface area contributed by atoms with Gasteiger partial charge in [-0.3, -0.25) is 9.59 Å². The van der Waals surface area contributed by atoms with Crippen molar-refractivity contribution in [1.29, 1.82) is 0 Å². The van der Waals surface area contributed by atoms with Crippen molar-refractivity contribution >= 4 is 11.9 Å². The van der Waals surface area contributed by atoms with Crippen LogP contribution in [0.4, 0.5) is 0 Å². The summed E-state index contributed by atoms with van der Waals surface area (Å²) in [4.78, 5) is 24.8. The highest BCUT2D eigenvalue weighted by atomic mass is 16.5. The minimum absolute atomic E-state index is 0.137. The van der Waals surface area contributed by atoms with Crippen molar-refractivity contribution in [1.82, 2.24) is 0 Å². The third kappa shape index (κ3) is 4.20. The first-order chi connectivity index (χ1) is 15.4. The number of hydrogen-bond acceptors (Lipinski definition) is 4. The lowest BCUT2D eigenvalue weighted by molar-refractivity contribution is -0.152. The van der Waals surface area contributed by atoms with Crippen LogP contribution >= 0.6 is 0 Å². The monoisotopic (exact) mass is 434 g/mol. The smallest absolute Gasteiger partial charge is 0.306 e. The molecule has 2 unspecified atom stereocenters. The summed E-state index contributed by atoms with van der Waals surface area (Å²) in [6, 6.07) is 12.7. The van der Waals surface area contributed by atoms with Gasteiger partial charge in [-0.05, 0) is 78.8 Å². The van der Waals surface area contributed by atoms with Gasteiger partial charge in [-0.15, -0.1) is 0 Å². The van der Waals surface area contributed by atoms with Crippen molar-refractivity contribution in [2.24, 2.45) is 5.92 Å². The second kappa shape index (κ2) is 9.48. The maximum atomic E-state index is 12.4. The Balaban J connectivity index is 1.80. The molecule has 2 aliphatic rings. The number of carbonyl (C=O) groups excluding carboxylic acids is 2. The Morgan fingerprint density at radius 2 is 1.22 bits per heavy atom. The molecule has 0 bridgehead atoms. The molecule has 2 aromatic rings. The van der Waals surface area contributed by atoms with Gasteiger partial charge in [0.1, 0.15) is 12.2 Å². The van der Waals surface area contributed by atoms with E-state index in [9.17, 15) is 9.59 Å². The molecule has 2 aliphatic carbocycles. The molecule has 32 heavy (non-hydrogen) atoms. The minimum Gasteiger partial charge on any atom is -0.457 e. The Bertz CT molecular complexity index is 929. The van der Waals surface area contributed by atoms with Crippen molar-refractivity contribution in [3.05, 3.63) is 69.8 Å². The predicted molar refractivity (Wildman–Crippen MR) is 124 cm³/mol. The van der Waals surface area contributed by atoms with Crippen LogP contribution in [0.5, 0.6) is 0 Å². The number of fused-ring (bicyclic) bond motifs is 5. The SMILES string of the molecule is CCCC(=O)OC1CC2CC(OC(=O)CCC)c3cccc(C)c3C2c2c(C)cccc21. The highest BCUT2D eigenvalue weighted by molar-refractivity contribution is 5.70. The van der Waals surface area contributed by atoms with E-state index < -0.39 is 0 Å². The maximum absolute atomic E-state index is 12.4. The highest BCUT2D eigenvalue weighted by Gasteiger charge is 2.45. The van der Waals surface area contributed by atoms with Crippen molar-refractivity contribution in [3.8, 4) is 0 Å². The van der Waals surface area contributed by atoms with E-state index in [1.165, 1.54) is 22.3 Å². The van der Waals surface area contributed by atoms with Gasteiger partial charge in [0.2, 0.25) is 0 Å². The zero-order chi connectivity index (χ0) is 22.8. The molecule has 0 spiro atoms. The molecule has 0 amide bonds. The molecule has 0 saturated heterocycles. The summed E-state index contributed by atoms with van der Waals surface area (Å²) in [5, 5.41) is 0. The predicted octanol–water partition coefficient (Wildman–Crippen LogP) is 6.63. The Kier molecular flexibility index (Phi) is 6.68. The van der Waals surface area contributed by atoms with Gasteiger partial charge in [-0.25, -0.2) is 0 Å². The molecule has 2 aromatic carbocycles. The van der Waals surface area contributed by atoms with Crippen LogP contribution in [0.3, 0.4) is 0 Å². The van der Waals surface area contributed by atoms with Gasteiger partial charge >= 0.3 is 11.9 Å². The molecule has 0 N–H and O–H groups in total. The number of esters is 2. The third-order valence-corrected chi connectivity index (χ3v) is 6.99. The average molecular weight is 435 g/mol. The first-order valence-electron chi connectivity index (χ1n) is 12.0. The Hall–Kier alpha value is -2.62. The lowest BCUT2D eigenvalue weighted by Gasteiger charge is -2.45. The normalized spacial score (nSPS) is 23.5. The summed E-state index contributed by atoms with van der Waals surface area (Å²) in [7, 11) is 0. The Morgan fingerprint density at radius 3 is 1.62 bits per heavy atom. The van der Waals surface area contributed by atoms with Crippen molar-refractivity contribution < 1.29 is 19.1 Å². The summed E-state index contributed by atoms with van der Waals surface area (Å²) < 4.78 is 12.0. The van der Waals surface area contributed by atoms with E-state index >= 15 is 0 Å². The number of carbonyl (C=O) groups is 2. The van der Waals surface area contributed by atoms with Crippen LogP contribution in [0.25, 0.3) is 0 Å². The summed E-state index contributed by atoms with van der Waals surface area (Å²) in [5.41, 5.74) is 7.28. The summed E-state index contributed by atoms with van der Waals surface area (Å²) in [6.07, 6.45) is 3.44. The van der Waals surface area contributed by atoms with Crippen LogP contribution < -0.4 is 0 Å². The summed E-state index contributed by atoms with van der Waals surface area (Å²) in [5.74, 6) is 0.198. The molecule has 4 heteroatoms. The fourth-order valence-electron chi connectivity index (χ4n) is 5.67. The van der Waals surface area contributed by atoms with Crippen molar-refractivity contribution in [3.63, 3.8) is 0 Å². The number of aryl methyl sites for hydroxylation is 2. The van der Waals surface area contributed by atoms with Gasteiger partial charge in [0.05, 0.1) is 0 Å². The quantitative estimate of drug-likeness (QED) is 0.479. The van der Waals surface area contributed by atoms with E-state index in [4.69, 9.17) is 9.47 Å². The zero-order valence-electron chi connectivity index (χ0n) is 19.6. The van der Waals surface area contributed by atoms with Crippen LogP contribution in [0.15, 0.2) is 36.4 Å². The van der Waals surface area contributed by atoms with E-state index in [0.29, 0.717) is 12.8 Å². The molecule has 0 aromatic heterocycles. The van der Waals surface area contributed by atoms with Gasteiger partial charge in [-0.2, -0.15) is 0 Å². The molecule has 2 atom stereocenters. The minimum atomic E-state index is -0.247. The van der Waals surface area contributed by atoms with E-state index in [-0.39, 0.29) is 36.0 Å². The van der Waals surface area contributed by atoms with Gasteiger partial charge in [-0.1, -0.05) is 50.2 Å². The van der Waals surface area contributed by atoms with Crippen LogP contribution in [-0.4, -0.2) is 11.9 Å². The van der Waals surface area contributed by atoms with Crippen molar-refractivity contribution in [2.75, 3.05) is 0 Å². The first kappa shape index (κ1) is 22.6. The van der Waals surface area contributed by atoms with Crippen LogP contribution in [-0.2, 0) is 19.1 Å². The second-order valence-corrected chi connectivity index (χ2v) is 9.32. The highest BCUT2D eigenvalue weighted by Crippen LogP contribution is 2.55. The lowest BCUT2D eigenvalue weighted by atomic mass is 9.62. The number of hydrogen-bond donors (Lipinski definition) is 0. The topological polar surface area (TPSA) is 52.6 Å². The van der Waals surface area contributed by atoms with Crippen molar-refractivity contribution in [2.45, 2.75) is 84.3 Å². The molecular weight excluding hydrogens is 400 g/mol. The van der Waals surface area contributed by atoms with Gasteiger partial charge < -0.3 is 9.47 Å². The van der Waals surface area contributed by atoms with Gasteiger partial charge in [0.15, 0.2) is 0 Å². The first-order valence-corrected chi connectivity index (χ1v) is 12.0. The average Bonchev–Trinajstić information content (AvgIpc) is 2.74. The van der Waals surface area contributed by atoms with E-state index in [0.717, 1.165) is 36.8 Å². The lowest BCUT2D eigenvalue weighted by Crippen LogP contribution is -2.34.